The lowest BCUT2D eigenvalue weighted by atomic mass is 10.3. The zero-order chi connectivity index (χ0) is 7.40. The molecule has 0 aliphatic carbocycles. The highest BCUT2D eigenvalue weighted by Crippen LogP contribution is 2.20. The molecule has 0 aliphatic rings. The molecule has 1 aromatic rings. The van der Waals surface area contributed by atoms with Crippen LogP contribution in [0.3, 0.4) is 0 Å². The van der Waals surface area contributed by atoms with Gasteiger partial charge in [0.25, 0.3) is 0 Å². The molecule has 0 radical (unpaired) electrons. The molecule has 54 valence electrons. The number of aromatic hydroxyl groups is 1. The first-order chi connectivity index (χ1) is 4.84. The maximum absolute atomic E-state index is 9.15. The summed E-state index contributed by atoms with van der Waals surface area (Å²) < 4.78 is 0. The van der Waals surface area contributed by atoms with Crippen molar-refractivity contribution in [2.45, 2.75) is 0 Å². The van der Waals surface area contributed by atoms with Crippen LogP contribution in [0.25, 0.3) is 0 Å². The second kappa shape index (κ2) is 3.37. The minimum Gasteiger partial charge on any atom is -0.506 e. The molecule has 1 aromatic carbocycles. The third-order valence-electron chi connectivity index (χ3n) is 1.17. The van der Waals surface area contributed by atoms with Crippen molar-refractivity contribution < 1.29 is 5.11 Å². The van der Waals surface area contributed by atoms with Crippen molar-refractivity contribution in [2.75, 3.05) is 11.2 Å². The van der Waals surface area contributed by atoms with E-state index in [9.17, 15) is 0 Å². The molecule has 3 heteroatoms. The molecular formula is C7H9NOS. The molecular weight excluding hydrogens is 146 g/mol. The Hall–Kier alpha value is -0.830. The van der Waals surface area contributed by atoms with Gasteiger partial charge in [-0.25, -0.2) is 0 Å². The van der Waals surface area contributed by atoms with E-state index in [0.29, 0.717) is 5.88 Å². The highest BCUT2D eigenvalue weighted by Gasteiger charge is 1.93. The maximum atomic E-state index is 9.15. The van der Waals surface area contributed by atoms with Crippen molar-refractivity contribution in [1.29, 1.82) is 0 Å². The summed E-state index contributed by atoms with van der Waals surface area (Å²) in [5, 5.41) is 12.0. The zero-order valence-electron chi connectivity index (χ0n) is 5.41. The number of thiol groups is 1. The van der Waals surface area contributed by atoms with E-state index in [1.54, 1.807) is 18.2 Å². The van der Waals surface area contributed by atoms with E-state index in [1.807, 2.05) is 6.07 Å². The van der Waals surface area contributed by atoms with Gasteiger partial charge in [0.1, 0.15) is 5.75 Å². The van der Waals surface area contributed by atoms with Gasteiger partial charge < -0.3 is 10.4 Å². The van der Waals surface area contributed by atoms with Crippen LogP contribution in [0.15, 0.2) is 24.3 Å². The molecule has 2 nitrogen and oxygen atoms in total. The van der Waals surface area contributed by atoms with E-state index < -0.39 is 0 Å². The molecule has 0 aliphatic heterocycles. The minimum absolute atomic E-state index is 0.261. The first-order valence-electron chi connectivity index (χ1n) is 2.97. The normalized spacial score (nSPS) is 9.30. The van der Waals surface area contributed by atoms with Crippen LogP contribution >= 0.6 is 12.6 Å². The zero-order valence-corrected chi connectivity index (χ0v) is 6.31. The molecule has 0 spiro atoms. The molecule has 0 atom stereocenters. The van der Waals surface area contributed by atoms with E-state index in [4.69, 9.17) is 5.11 Å². The van der Waals surface area contributed by atoms with Gasteiger partial charge in [-0.3, -0.25) is 0 Å². The van der Waals surface area contributed by atoms with Crippen LogP contribution in [0.4, 0.5) is 5.69 Å². The van der Waals surface area contributed by atoms with Gasteiger partial charge in [0.2, 0.25) is 0 Å². The summed E-state index contributed by atoms with van der Waals surface area (Å²) in [4.78, 5) is 0. The summed E-state index contributed by atoms with van der Waals surface area (Å²) in [6, 6.07) is 7.06. The van der Waals surface area contributed by atoms with Gasteiger partial charge >= 0.3 is 0 Å². The summed E-state index contributed by atoms with van der Waals surface area (Å²) in [6.07, 6.45) is 0. The summed E-state index contributed by atoms with van der Waals surface area (Å²) in [6.45, 7) is 0. The van der Waals surface area contributed by atoms with E-state index in [-0.39, 0.29) is 5.75 Å². The summed E-state index contributed by atoms with van der Waals surface area (Å²) in [5.74, 6) is 0.786. The number of nitrogens with one attached hydrogen (secondary N) is 1. The monoisotopic (exact) mass is 155 g/mol. The fourth-order valence-electron chi connectivity index (χ4n) is 0.708. The van der Waals surface area contributed by atoms with E-state index in [0.717, 1.165) is 5.69 Å². The third kappa shape index (κ3) is 1.57. The topological polar surface area (TPSA) is 32.3 Å². The van der Waals surface area contributed by atoms with E-state index in [1.165, 1.54) is 0 Å². The van der Waals surface area contributed by atoms with Gasteiger partial charge in [0.15, 0.2) is 0 Å². The molecule has 1 rings (SSSR count). The quantitative estimate of drug-likeness (QED) is 0.345. The van der Waals surface area contributed by atoms with Crippen molar-refractivity contribution in [1.82, 2.24) is 0 Å². The van der Waals surface area contributed by atoms with Crippen LogP contribution in [0.1, 0.15) is 0 Å². The van der Waals surface area contributed by atoms with Gasteiger partial charge in [-0.2, -0.15) is 12.6 Å². The number of benzene rings is 1. The second-order valence-corrected chi connectivity index (χ2v) is 2.17. The summed E-state index contributed by atoms with van der Waals surface area (Å²) >= 11 is 3.96. The molecule has 2 N–H and O–H groups in total. The Labute approximate surface area is 65.3 Å². The van der Waals surface area contributed by atoms with Gasteiger partial charge in [-0.05, 0) is 12.1 Å². The van der Waals surface area contributed by atoms with Crippen molar-refractivity contribution in [2.24, 2.45) is 0 Å². The number of hydrogen-bond acceptors (Lipinski definition) is 3. The van der Waals surface area contributed by atoms with Gasteiger partial charge in [0.05, 0.1) is 11.6 Å². The number of para-hydroxylation sites is 2. The average Bonchev–Trinajstić information content (AvgIpc) is 1.94. The van der Waals surface area contributed by atoms with Gasteiger partial charge in [-0.1, -0.05) is 12.1 Å². The van der Waals surface area contributed by atoms with Crippen molar-refractivity contribution in [3.05, 3.63) is 24.3 Å². The predicted molar refractivity (Wildman–Crippen MR) is 45.6 cm³/mol. The number of phenolic OH excluding ortho intramolecular Hbond substituents is 1. The molecule has 0 unspecified atom stereocenters. The molecule has 0 bridgehead atoms. The summed E-state index contributed by atoms with van der Waals surface area (Å²) in [7, 11) is 0. The van der Waals surface area contributed by atoms with Crippen LogP contribution in [0.2, 0.25) is 0 Å². The minimum atomic E-state index is 0.261. The Balaban J connectivity index is 2.81. The van der Waals surface area contributed by atoms with Gasteiger partial charge in [0, 0.05) is 0 Å². The van der Waals surface area contributed by atoms with Crippen LogP contribution < -0.4 is 5.32 Å². The number of phenols is 1. The van der Waals surface area contributed by atoms with Gasteiger partial charge in [-0.15, -0.1) is 0 Å². The maximum Gasteiger partial charge on any atom is 0.138 e. The Bertz CT molecular complexity index is 215. The van der Waals surface area contributed by atoms with Crippen LogP contribution in [-0.4, -0.2) is 11.0 Å². The lowest BCUT2D eigenvalue weighted by Gasteiger charge is -2.03. The predicted octanol–water partition coefficient (Wildman–Crippen LogP) is 1.69. The Morgan fingerprint density at radius 3 is 2.70 bits per heavy atom. The number of anilines is 1. The smallest absolute Gasteiger partial charge is 0.138 e. The SMILES string of the molecule is Oc1ccccc1NCS. The standard InChI is InChI=1S/C7H9NOS/c9-7-4-2-1-3-6(7)8-5-10/h1-4,8-10H,5H2. The first kappa shape index (κ1) is 7.28. The van der Waals surface area contributed by atoms with Crippen LogP contribution in [-0.2, 0) is 0 Å². The lowest BCUT2D eigenvalue weighted by molar-refractivity contribution is 0.477. The molecule has 0 saturated carbocycles. The molecule has 0 saturated heterocycles. The molecule has 0 fully saturated rings. The molecule has 0 amide bonds. The van der Waals surface area contributed by atoms with Crippen molar-refractivity contribution in [3.8, 4) is 5.75 Å². The molecule has 0 heterocycles. The van der Waals surface area contributed by atoms with E-state index in [2.05, 4.69) is 17.9 Å². The largest absolute Gasteiger partial charge is 0.506 e. The Morgan fingerprint density at radius 1 is 1.40 bits per heavy atom. The van der Waals surface area contributed by atoms with Crippen LogP contribution in [0, 0.1) is 0 Å². The fraction of sp³-hybridized carbons (Fsp3) is 0.143. The highest BCUT2D eigenvalue weighted by molar-refractivity contribution is 7.80. The Morgan fingerprint density at radius 2 is 2.10 bits per heavy atom. The second-order valence-electron chi connectivity index (χ2n) is 1.85. The third-order valence-corrected chi connectivity index (χ3v) is 1.33. The molecule has 10 heavy (non-hydrogen) atoms. The van der Waals surface area contributed by atoms with Crippen molar-refractivity contribution in [3.63, 3.8) is 0 Å². The number of rotatable bonds is 2. The lowest BCUT2D eigenvalue weighted by Crippen LogP contribution is -1.93. The molecule has 0 aromatic heterocycles. The average molecular weight is 155 g/mol. The number of hydrogen-bond donors (Lipinski definition) is 3. The highest BCUT2D eigenvalue weighted by atomic mass is 32.1. The first-order valence-corrected chi connectivity index (χ1v) is 3.60. The van der Waals surface area contributed by atoms with E-state index >= 15 is 0 Å². The Kier molecular flexibility index (Phi) is 2.45. The van der Waals surface area contributed by atoms with Crippen molar-refractivity contribution >= 4 is 18.3 Å². The summed E-state index contributed by atoms with van der Waals surface area (Å²) in [5.41, 5.74) is 0.720. The fourth-order valence-corrected chi connectivity index (χ4v) is 0.879. The van der Waals surface area contributed by atoms with Crippen LogP contribution in [0.5, 0.6) is 5.75 Å².